The minimum absolute atomic E-state index is 0.00864. The van der Waals surface area contributed by atoms with Crippen molar-refractivity contribution in [3.63, 3.8) is 0 Å². The first-order valence-electron chi connectivity index (χ1n) is 14.9. The van der Waals surface area contributed by atoms with Crippen LogP contribution in [0.15, 0.2) is 48.5 Å². The largest absolute Gasteiger partial charge is 0.490 e. The molecule has 4 fully saturated rings. The van der Waals surface area contributed by atoms with Gasteiger partial charge in [-0.2, -0.15) is 0 Å². The van der Waals surface area contributed by atoms with Gasteiger partial charge in [-0.3, -0.25) is 0 Å². The van der Waals surface area contributed by atoms with E-state index in [1.54, 1.807) is 0 Å². The zero-order valence-corrected chi connectivity index (χ0v) is 22.8. The Bertz CT molecular complexity index is 1070. The second-order valence-corrected chi connectivity index (χ2v) is 13.2. The van der Waals surface area contributed by atoms with Crippen molar-refractivity contribution >= 4 is 11.4 Å². The van der Waals surface area contributed by atoms with E-state index in [1.807, 2.05) is 48.5 Å². The van der Waals surface area contributed by atoms with Gasteiger partial charge in [-0.05, 0) is 134 Å². The lowest BCUT2D eigenvalue weighted by Gasteiger charge is -2.60. The van der Waals surface area contributed by atoms with Gasteiger partial charge in [-0.25, -0.2) is 0 Å². The lowest BCUT2D eigenvalue weighted by atomic mass is 9.45. The zero-order chi connectivity index (χ0) is 25.6. The fraction of sp³-hybridized carbons (Fsp3) is 0.636. The first-order chi connectivity index (χ1) is 17.9. The van der Waals surface area contributed by atoms with Crippen molar-refractivity contribution in [2.24, 2.45) is 40.4 Å². The van der Waals surface area contributed by atoms with Gasteiger partial charge in [0.25, 0.3) is 0 Å². The Kier molecular flexibility index (Phi) is 6.57. The molecule has 0 bridgehead atoms. The Morgan fingerprint density at radius 1 is 0.730 bits per heavy atom. The molecule has 4 aliphatic carbocycles. The van der Waals surface area contributed by atoms with Gasteiger partial charge in [-0.1, -0.05) is 26.7 Å². The summed E-state index contributed by atoms with van der Waals surface area (Å²) in [6, 6.07) is 15.6. The number of nitrogen functional groups attached to an aromatic ring is 2. The average Bonchev–Trinajstić information content (AvgIpc) is 3.25. The number of hydrogen-bond donors (Lipinski definition) is 2. The highest BCUT2D eigenvalue weighted by atomic mass is 16.5. The molecule has 6 rings (SSSR count). The van der Waals surface area contributed by atoms with Crippen LogP contribution in [0.5, 0.6) is 11.5 Å². The molecule has 0 radical (unpaired) electrons. The minimum atomic E-state index is 0.00864. The van der Waals surface area contributed by atoms with Gasteiger partial charge >= 0.3 is 0 Å². The van der Waals surface area contributed by atoms with E-state index in [9.17, 15) is 0 Å². The van der Waals surface area contributed by atoms with E-state index < -0.39 is 0 Å². The van der Waals surface area contributed by atoms with Crippen molar-refractivity contribution in [3.8, 4) is 11.5 Å². The van der Waals surface area contributed by atoms with Crippen LogP contribution < -0.4 is 20.9 Å². The van der Waals surface area contributed by atoms with Gasteiger partial charge in [0.1, 0.15) is 24.2 Å². The second-order valence-electron chi connectivity index (χ2n) is 13.2. The van der Waals surface area contributed by atoms with Crippen molar-refractivity contribution in [1.29, 1.82) is 0 Å². The van der Waals surface area contributed by atoms with Crippen LogP contribution in [0.3, 0.4) is 0 Å². The summed E-state index contributed by atoms with van der Waals surface area (Å²) in [5, 5.41) is 0. The first kappa shape index (κ1) is 24.9. The number of rotatable bonds is 6. The molecule has 4 nitrogen and oxygen atoms in total. The predicted octanol–water partition coefficient (Wildman–Crippen LogP) is 7.73. The van der Waals surface area contributed by atoms with Crippen LogP contribution in [-0.4, -0.2) is 12.7 Å². The summed E-state index contributed by atoms with van der Waals surface area (Å²) in [5.41, 5.74) is 14.3. The highest BCUT2D eigenvalue weighted by Gasteiger charge is 2.61. The highest BCUT2D eigenvalue weighted by molar-refractivity contribution is 5.42. The Balaban J connectivity index is 1.24. The Morgan fingerprint density at radius 3 is 2.14 bits per heavy atom. The maximum absolute atomic E-state index is 6.75. The van der Waals surface area contributed by atoms with Crippen LogP contribution >= 0.6 is 0 Å². The van der Waals surface area contributed by atoms with Gasteiger partial charge in [0, 0.05) is 17.3 Å². The summed E-state index contributed by atoms with van der Waals surface area (Å²) in [7, 11) is 0. The molecule has 4 saturated carbocycles. The van der Waals surface area contributed by atoms with Gasteiger partial charge in [0.05, 0.1) is 0 Å². The van der Waals surface area contributed by atoms with E-state index in [4.69, 9.17) is 20.9 Å². The van der Waals surface area contributed by atoms with E-state index in [2.05, 4.69) is 13.8 Å². The first-order valence-corrected chi connectivity index (χ1v) is 14.9. The molecule has 4 N–H and O–H groups in total. The fourth-order valence-corrected chi connectivity index (χ4v) is 9.64. The van der Waals surface area contributed by atoms with Crippen LogP contribution in [-0.2, 0) is 0 Å². The van der Waals surface area contributed by atoms with Crippen LogP contribution in [0.25, 0.3) is 0 Å². The number of hydrogen-bond acceptors (Lipinski definition) is 4. The Labute approximate surface area is 223 Å². The molecule has 200 valence electrons. The predicted molar refractivity (Wildman–Crippen MR) is 151 cm³/mol. The second kappa shape index (κ2) is 9.75. The van der Waals surface area contributed by atoms with Gasteiger partial charge in [-0.15, -0.1) is 0 Å². The Hall–Kier alpha value is -2.36. The maximum atomic E-state index is 6.75. The number of nitrogens with two attached hydrogens (primary N) is 2. The van der Waals surface area contributed by atoms with Crippen LogP contribution in [0, 0.1) is 40.4 Å². The van der Waals surface area contributed by atoms with Crippen LogP contribution in [0.4, 0.5) is 11.4 Å². The monoisotopic (exact) mass is 502 g/mol. The molecule has 8 atom stereocenters. The number of benzene rings is 2. The van der Waals surface area contributed by atoms with Crippen LogP contribution in [0.1, 0.15) is 78.1 Å². The van der Waals surface area contributed by atoms with E-state index >= 15 is 0 Å². The summed E-state index contributed by atoms with van der Waals surface area (Å²) >= 11 is 0. The summed E-state index contributed by atoms with van der Waals surface area (Å²) in [6.45, 7) is 5.83. The van der Waals surface area contributed by atoms with Gasteiger partial charge in [0.2, 0.25) is 0 Å². The van der Waals surface area contributed by atoms with E-state index in [0.29, 0.717) is 23.4 Å². The third-order valence-corrected chi connectivity index (χ3v) is 11.6. The van der Waals surface area contributed by atoms with Crippen molar-refractivity contribution < 1.29 is 9.47 Å². The molecule has 0 spiro atoms. The quantitative estimate of drug-likeness (QED) is 0.397. The number of anilines is 2. The molecular formula is C33H46N2O2. The summed E-state index contributed by atoms with van der Waals surface area (Å²) < 4.78 is 13.1. The van der Waals surface area contributed by atoms with E-state index in [-0.39, 0.29) is 6.10 Å². The molecule has 4 aliphatic rings. The third-order valence-electron chi connectivity index (χ3n) is 11.6. The fourth-order valence-electron chi connectivity index (χ4n) is 9.64. The molecular weight excluding hydrogens is 456 g/mol. The summed E-state index contributed by atoms with van der Waals surface area (Å²) in [5.74, 6) is 5.82. The summed E-state index contributed by atoms with van der Waals surface area (Å²) in [6.07, 6.45) is 14.1. The SMILES string of the molecule is CC12CCCCC1CCC1C2CCC2(C)C(C(COc3ccc(N)cc3)Oc3ccc(N)cc3)CCC12. The molecule has 0 aromatic heterocycles. The molecule has 0 amide bonds. The van der Waals surface area contributed by atoms with Gasteiger partial charge in [0.15, 0.2) is 0 Å². The minimum Gasteiger partial charge on any atom is -0.490 e. The molecule has 8 unspecified atom stereocenters. The normalized spacial score (nSPS) is 37.6. The third kappa shape index (κ3) is 4.49. The van der Waals surface area contributed by atoms with E-state index in [0.717, 1.165) is 46.5 Å². The molecule has 2 aromatic carbocycles. The smallest absolute Gasteiger partial charge is 0.136 e. The van der Waals surface area contributed by atoms with Crippen LogP contribution in [0.2, 0.25) is 0 Å². The highest BCUT2D eigenvalue weighted by Crippen LogP contribution is 2.68. The Morgan fingerprint density at radius 2 is 1.41 bits per heavy atom. The lowest BCUT2D eigenvalue weighted by molar-refractivity contribution is -0.119. The molecule has 2 aromatic rings. The average molecular weight is 503 g/mol. The molecule has 0 heterocycles. The topological polar surface area (TPSA) is 70.5 Å². The maximum Gasteiger partial charge on any atom is 0.136 e. The van der Waals surface area contributed by atoms with Crippen molar-refractivity contribution in [2.75, 3.05) is 18.1 Å². The van der Waals surface area contributed by atoms with Crippen molar-refractivity contribution in [3.05, 3.63) is 48.5 Å². The standard InChI is InChI=1S/C33H46N2O2/c1-32-19-4-3-5-22(32)6-15-27-28-16-17-30(33(28,2)20-18-29(27)32)31(37-26-13-9-24(35)10-14-26)21-36-25-11-7-23(34)8-12-25/h7-14,22,27-31H,3-6,15-21,34-35H2,1-2H3. The van der Waals surface area contributed by atoms with Crippen molar-refractivity contribution in [1.82, 2.24) is 0 Å². The molecule has 0 saturated heterocycles. The van der Waals surface area contributed by atoms with Gasteiger partial charge < -0.3 is 20.9 Å². The molecule has 37 heavy (non-hydrogen) atoms. The molecule has 4 heteroatoms. The van der Waals surface area contributed by atoms with Crippen molar-refractivity contribution in [2.45, 2.75) is 84.2 Å². The van der Waals surface area contributed by atoms with E-state index in [1.165, 1.54) is 64.2 Å². The lowest BCUT2D eigenvalue weighted by Crippen LogP contribution is -2.54. The zero-order valence-electron chi connectivity index (χ0n) is 22.8. The summed E-state index contributed by atoms with van der Waals surface area (Å²) in [4.78, 5) is 0. The number of ether oxygens (including phenoxy) is 2. The number of fused-ring (bicyclic) bond motifs is 5. The molecule has 0 aliphatic heterocycles.